The van der Waals surface area contributed by atoms with E-state index in [1.54, 1.807) is 0 Å². The van der Waals surface area contributed by atoms with Gasteiger partial charge in [-0.05, 0) is 11.1 Å². The molecule has 0 saturated carbocycles. The molecule has 6 heteroatoms. The molecule has 3 aromatic rings. The Hall–Kier alpha value is -3.12. The minimum Gasteiger partial charge on any atom is -0.355 e. The van der Waals surface area contributed by atoms with Gasteiger partial charge in [-0.3, -0.25) is 19.2 Å². The molecule has 0 aliphatic carbocycles. The summed E-state index contributed by atoms with van der Waals surface area (Å²) in [6.45, 7) is 3.18. The smallest absolute Gasteiger partial charge is 0.329 e. The maximum absolute atomic E-state index is 12.0. The van der Waals surface area contributed by atoms with E-state index in [0.29, 0.717) is 5.82 Å². The number of hydrogen-bond acceptors (Lipinski definition) is 4. The molecule has 1 aliphatic heterocycles. The summed E-state index contributed by atoms with van der Waals surface area (Å²) in [5, 5.41) is 0. The van der Waals surface area contributed by atoms with Crippen molar-refractivity contribution in [2.75, 3.05) is 31.1 Å². The average molecular weight is 376 g/mol. The van der Waals surface area contributed by atoms with Gasteiger partial charge in [-0.15, -0.1) is 0 Å². The van der Waals surface area contributed by atoms with Crippen molar-refractivity contribution in [3.63, 3.8) is 0 Å². The van der Waals surface area contributed by atoms with Gasteiger partial charge in [0.2, 0.25) is 0 Å². The zero-order chi connectivity index (χ0) is 19.5. The van der Waals surface area contributed by atoms with E-state index in [2.05, 4.69) is 63.3 Å². The molecule has 6 nitrogen and oxygen atoms in total. The van der Waals surface area contributed by atoms with Crippen molar-refractivity contribution in [2.45, 2.75) is 6.04 Å². The Kier molecular flexibility index (Phi) is 5.12. The summed E-state index contributed by atoms with van der Waals surface area (Å²) in [5.74, 6) is 0.601. The van der Waals surface area contributed by atoms with Crippen LogP contribution in [-0.4, -0.2) is 40.6 Å². The molecular formula is C22H24N4O2. The molecule has 1 saturated heterocycles. The molecule has 28 heavy (non-hydrogen) atoms. The molecule has 2 aromatic carbocycles. The maximum atomic E-state index is 12.0. The Labute approximate surface area is 163 Å². The normalized spacial score (nSPS) is 15.1. The van der Waals surface area contributed by atoms with Crippen LogP contribution < -0.4 is 16.1 Å². The Balaban J connectivity index is 1.57. The molecule has 0 amide bonds. The number of nitrogens with zero attached hydrogens (tertiary/aromatic N) is 3. The van der Waals surface area contributed by atoms with Crippen molar-refractivity contribution in [3.8, 4) is 0 Å². The molecule has 1 aromatic heterocycles. The maximum Gasteiger partial charge on any atom is 0.329 e. The molecule has 144 valence electrons. The number of H-pyrrole nitrogens is 1. The van der Waals surface area contributed by atoms with E-state index in [4.69, 9.17) is 0 Å². The fraction of sp³-hybridized carbons (Fsp3) is 0.273. The van der Waals surface area contributed by atoms with E-state index >= 15 is 0 Å². The van der Waals surface area contributed by atoms with Crippen LogP contribution in [0.3, 0.4) is 0 Å². The molecule has 1 fully saturated rings. The van der Waals surface area contributed by atoms with Gasteiger partial charge in [0.25, 0.3) is 5.56 Å². The van der Waals surface area contributed by atoms with Gasteiger partial charge < -0.3 is 4.90 Å². The third-order valence-corrected chi connectivity index (χ3v) is 5.38. The van der Waals surface area contributed by atoms with Crippen molar-refractivity contribution in [2.24, 2.45) is 7.05 Å². The van der Waals surface area contributed by atoms with Crippen LogP contribution in [0.1, 0.15) is 17.2 Å². The quantitative estimate of drug-likeness (QED) is 0.757. The highest BCUT2D eigenvalue weighted by molar-refractivity contribution is 5.38. The largest absolute Gasteiger partial charge is 0.355 e. The van der Waals surface area contributed by atoms with E-state index < -0.39 is 0 Å². The van der Waals surface area contributed by atoms with Gasteiger partial charge in [0, 0.05) is 39.3 Å². The Bertz CT molecular complexity index is 965. The highest BCUT2D eigenvalue weighted by atomic mass is 16.2. The molecule has 1 N–H and O–H groups in total. The molecule has 0 radical (unpaired) electrons. The second-order valence-corrected chi connectivity index (χ2v) is 7.10. The summed E-state index contributed by atoms with van der Waals surface area (Å²) >= 11 is 0. The van der Waals surface area contributed by atoms with Gasteiger partial charge in [-0.2, -0.15) is 0 Å². The van der Waals surface area contributed by atoms with Crippen LogP contribution in [0.15, 0.2) is 76.3 Å². The summed E-state index contributed by atoms with van der Waals surface area (Å²) in [4.78, 5) is 31.2. The molecule has 2 heterocycles. The number of aromatic nitrogens is 2. The van der Waals surface area contributed by atoms with E-state index in [1.165, 1.54) is 24.2 Å². The molecule has 4 rings (SSSR count). The predicted molar refractivity (Wildman–Crippen MR) is 111 cm³/mol. The van der Waals surface area contributed by atoms with Gasteiger partial charge in [0.05, 0.1) is 6.04 Å². The first-order valence-electron chi connectivity index (χ1n) is 9.53. The lowest BCUT2D eigenvalue weighted by Crippen LogP contribution is -2.49. The number of hydrogen-bond donors (Lipinski definition) is 1. The monoisotopic (exact) mass is 376 g/mol. The second kappa shape index (κ2) is 7.86. The van der Waals surface area contributed by atoms with Crippen LogP contribution in [0, 0.1) is 0 Å². The number of rotatable bonds is 4. The van der Waals surface area contributed by atoms with Gasteiger partial charge in [-0.1, -0.05) is 60.7 Å². The first-order chi connectivity index (χ1) is 13.6. The molecule has 0 bridgehead atoms. The summed E-state index contributed by atoms with van der Waals surface area (Å²) < 4.78 is 1.08. The number of anilines is 1. The summed E-state index contributed by atoms with van der Waals surface area (Å²) in [7, 11) is 1.48. The van der Waals surface area contributed by atoms with Crippen molar-refractivity contribution < 1.29 is 0 Å². The minimum absolute atomic E-state index is 0.187. The van der Waals surface area contributed by atoms with Crippen molar-refractivity contribution in [1.29, 1.82) is 0 Å². The number of benzene rings is 2. The van der Waals surface area contributed by atoms with E-state index in [0.717, 1.165) is 30.7 Å². The SMILES string of the molecule is Cn1c(=O)cc(N2CCN(C(c3ccccc3)c3ccccc3)CC2)[nH]c1=O. The van der Waals surface area contributed by atoms with Gasteiger partial charge in [0.15, 0.2) is 0 Å². The first-order valence-corrected chi connectivity index (χ1v) is 9.53. The Morgan fingerprint density at radius 3 is 1.86 bits per heavy atom. The second-order valence-electron chi connectivity index (χ2n) is 7.10. The van der Waals surface area contributed by atoms with Crippen molar-refractivity contribution >= 4 is 5.82 Å². The molecule has 0 unspecified atom stereocenters. The van der Waals surface area contributed by atoms with Crippen LogP contribution in [0.25, 0.3) is 0 Å². The summed E-state index contributed by atoms with van der Waals surface area (Å²) in [6.07, 6.45) is 0. The lowest BCUT2D eigenvalue weighted by molar-refractivity contribution is 0.212. The standard InChI is InChI=1S/C22H24N4O2/c1-24-20(27)16-19(23-22(24)28)25-12-14-26(15-13-25)21(17-8-4-2-5-9-17)18-10-6-3-7-11-18/h2-11,16,21H,12-15H2,1H3,(H,23,28). The summed E-state index contributed by atoms with van der Waals surface area (Å²) in [6, 6.07) is 22.7. The van der Waals surface area contributed by atoms with Crippen LogP contribution in [0.5, 0.6) is 0 Å². The third kappa shape index (κ3) is 3.64. The lowest BCUT2D eigenvalue weighted by atomic mass is 9.96. The zero-order valence-corrected chi connectivity index (χ0v) is 15.9. The number of piperazine rings is 1. The third-order valence-electron chi connectivity index (χ3n) is 5.38. The molecule has 1 aliphatic rings. The Morgan fingerprint density at radius 1 is 0.821 bits per heavy atom. The van der Waals surface area contributed by atoms with Gasteiger partial charge in [-0.25, -0.2) is 4.79 Å². The minimum atomic E-state index is -0.378. The number of aromatic amines is 1. The van der Waals surface area contributed by atoms with Crippen LogP contribution >= 0.6 is 0 Å². The fourth-order valence-corrected chi connectivity index (χ4v) is 3.82. The number of nitrogens with one attached hydrogen (secondary N) is 1. The van der Waals surface area contributed by atoms with E-state index in [-0.39, 0.29) is 17.3 Å². The fourth-order valence-electron chi connectivity index (χ4n) is 3.82. The molecule has 0 atom stereocenters. The zero-order valence-electron chi connectivity index (χ0n) is 15.9. The first kappa shape index (κ1) is 18.3. The summed E-state index contributed by atoms with van der Waals surface area (Å²) in [5.41, 5.74) is 1.87. The topological polar surface area (TPSA) is 61.3 Å². The van der Waals surface area contributed by atoms with Crippen LogP contribution in [0.4, 0.5) is 5.82 Å². The average Bonchev–Trinajstić information content (AvgIpc) is 2.74. The highest BCUT2D eigenvalue weighted by Gasteiger charge is 2.26. The lowest BCUT2D eigenvalue weighted by Gasteiger charge is -2.40. The molecular weight excluding hydrogens is 352 g/mol. The van der Waals surface area contributed by atoms with Gasteiger partial charge in [0.1, 0.15) is 5.82 Å². The van der Waals surface area contributed by atoms with Crippen LogP contribution in [-0.2, 0) is 7.05 Å². The highest BCUT2D eigenvalue weighted by Crippen LogP contribution is 2.29. The molecule has 0 spiro atoms. The van der Waals surface area contributed by atoms with Crippen molar-refractivity contribution in [3.05, 3.63) is 98.7 Å². The van der Waals surface area contributed by atoms with E-state index in [9.17, 15) is 9.59 Å². The van der Waals surface area contributed by atoms with Crippen LogP contribution in [0.2, 0.25) is 0 Å². The predicted octanol–water partition coefficient (Wildman–Crippen LogP) is 1.99. The van der Waals surface area contributed by atoms with Crippen molar-refractivity contribution in [1.82, 2.24) is 14.5 Å². The van der Waals surface area contributed by atoms with E-state index in [1.807, 2.05) is 12.1 Å². The Morgan fingerprint density at radius 2 is 1.36 bits per heavy atom. The van der Waals surface area contributed by atoms with Gasteiger partial charge >= 0.3 is 5.69 Å².